The molecule has 0 bridgehead atoms. The number of amides is 1. The summed E-state index contributed by atoms with van der Waals surface area (Å²) in [5.41, 5.74) is 4.57. The lowest BCUT2D eigenvalue weighted by Gasteiger charge is -2.45. The van der Waals surface area contributed by atoms with Crippen LogP contribution in [0.3, 0.4) is 0 Å². The van der Waals surface area contributed by atoms with E-state index >= 15 is 0 Å². The largest absolute Gasteiger partial charge is 0.467 e. The summed E-state index contributed by atoms with van der Waals surface area (Å²) in [6, 6.07) is 23.0. The van der Waals surface area contributed by atoms with Gasteiger partial charge in [-0.15, -0.1) is 0 Å². The Morgan fingerprint density at radius 2 is 1.91 bits per heavy atom. The molecule has 1 unspecified atom stereocenters. The van der Waals surface area contributed by atoms with E-state index in [2.05, 4.69) is 51.5 Å². The van der Waals surface area contributed by atoms with E-state index in [1.165, 1.54) is 16.7 Å². The Morgan fingerprint density at radius 1 is 1.06 bits per heavy atom. The van der Waals surface area contributed by atoms with Crippen LogP contribution in [0.15, 0.2) is 71.3 Å². The maximum Gasteiger partial charge on any atom is 0.222 e. The van der Waals surface area contributed by atoms with Crippen LogP contribution in [0.25, 0.3) is 0 Å². The van der Waals surface area contributed by atoms with E-state index < -0.39 is 0 Å². The van der Waals surface area contributed by atoms with Crippen molar-refractivity contribution in [2.24, 2.45) is 0 Å². The lowest BCUT2D eigenvalue weighted by atomic mass is 9.87. The zero-order valence-corrected chi connectivity index (χ0v) is 20.0. The summed E-state index contributed by atoms with van der Waals surface area (Å²) in [6.07, 6.45) is 5.29. The molecule has 6 nitrogen and oxygen atoms in total. The Hall–Kier alpha value is -3.40. The van der Waals surface area contributed by atoms with E-state index in [4.69, 9.17) is 4.42 Å². The molecule has 35 heavy (non-hydrogen) atoms. The topological polar surface area (TPSA) is 72.5 Å². The average molecular weight is 469 g/mol. The van der Waals surface area contributed by atoms with Crippen LogP contribution in [-0.2, 0) is 24.3 Å². The van der Waals surface area contributed by atoms with Crippen LogP contribution < -0.4 is 5.32 Å². The fraction of sp³-hybridized carbons (Fsp3) is 0.379. The zero-order valence-electron chi connectivity index (χ0n) is 20.0. The van der Waals surface area contributed by atoms with Gasteiger partial charge in [-0.1, -0.05) is 36.4 Å². The monoisotopic (exact) mass is 468 g/mol. The number of nitriles is 1. The number of rotatable bonds is 7. The molecule has 1 aromatic heterocycles. The van der Waals surface area contributed by atoms with E-state index in [0.29, 0.717) is 19.0 Å². The average Bonchev–Trinajstić information content (AvgIpc) is 3.42. The van der Waals surface area contributed by atoms with Crippen LogP contribution >= 0.6 is 0 Å². The number of piperidine rings is 1. The van der Waals surface area contributed by atoms with Crippen molar-refractivity contribution in [3.8, 4) is 6.07 Å². The molecule has 1 amide bonds. The molecule has 180 valence electrons. The van der Waals surface area contributed by atoms with Crippen LogP contribution in [0.4, 0.5) is 0 Å². The molecule has 1 atom stereocenters. The molecule has 0 radical (unpaired) electrons. The molecule has 3 aromatic rings. The number of carbonyl (C=O) groups excluding carboxylic acids is 1. The summed E-state index contributed by atoms with van der Waals surface area (Å²) in [7, 11) is 0. The lowest BCUT2D eigenvalue weighted by molar-refractivity contribution is -0.123. The summed E-state index contributed by atoms with van der Waals surface area (Å²) in [6.45, 7) is 4.34. The van der Waals surface area contributed by atoms with E-state index in [9.17, 15) is 10.1 Å². The summed E-state index contributed by atoms with van der Waals surface area (Å²) < 4.78 is 5.37. The van der Waals surface area contributed by atoms with Crippen molar-refractivity contribution >= 4 is 5.91 Å². The molecule has 1 N–H and O–H groups in total. The number of likely N-dealkylation sites (tertiary alicyclic amines) is 1. The molecule has 6 heteroatoms. The second-order valence-electron chi connectivity index (χ2n) is 9.58. The van der Waals surface area contributed by atoms with Crippen LogP contribution in [0.1, 0.15) is 53.3 Å². The number of hydrogen-bond acceptors (Lipinski definition) is 5. The second-order valence-corrected chi connectivity index (χ2v) is 9.58. The first kappa shape index (κ1) is 23.3. The van der Waals surface area contributed by atoms with E-state index in [1.807, 2.05) is 30.3 Å². The van der Waals surface area contributed by atoms with Crippen molar-refractivity contribution in [3.63, 3.8) is 0 Å². The highest BCUT2D eigenvalue weighted by atomic mass is 16.3. The van der Waals surface area contributed by atoms with Crippen molar-refractivity contribution in [1.82, 2.24) is 15.1 Å². The first-order valence-corrected chi connectivity index (χ1v) is 12.5. The highest BCUT2D eigenvalue weighted by molar-refractivity contribution is 5.76. The number of furan rings is 1. The fourth-order valence-electron chi connectivity index (χ4n) is 5.59. The van der Waals surface area contributed by atoms with Gasteiger partial charge in [-0.25, -0.2) is 0 Å². The van der Waals surface area contributed by atoms with Gasteiger partial charge in [0.05, 0.1) is 24.4 Å². The minimum absolute atomic E-state index is 0.0583. The number of benzene rings is 2. The van der Waals surface area contributed by atoms with Gasteiger partial charge in [-0.2, -0.15) is 5.26 Å². The van der Waals surface area contributed by atoms with Crippen LogP contribution in [0.2, 0.25) is 0 Å². The molecule has 0 saturated carbocycles. The van der Waals surface area contributed by atoms with Crippen LogP contribution in [0, 0.1) is 11.3 Å². The number of fused-ring (bicyclic) bond motifs is 1. The van der Waals surface area contributed by atoms with E-state index in [-0.39, 0.29) is 11.9 Å². The summed E-state index contributed by atoms with van der Waals surface area (Å²) in [5, 5.41) is 12.2. The van der Waals surface area contributed by atoms with Gasteiger partial charge >= 0.3 is 0 Å². The normalized spacial score (nSPS) is 19.1. The molecule has 5 rings (SSSR count). The highest BCUT2D eigenvalue weighted by Gasteiger charge is 2.35. The zero-order chi connectivity index (χ0) is 24.0. The molecule has 1 fully saturated rings. The van der Waals surface area contributed by atoms with Gasteiger partial charge in [0.1, 0.15) is 5.76 Å². The standard InChI is InChI=1S/C29H32N4O2/c30-19-22-5-3-6-23(17-22)21-32-13-11-25(12-14-32)33-15-10-24-7-1-2-9-27(24)28(33)18-29(34)31-20-26-8-4-16-35-26/h1-9,16-17,25,28H,10-15,18,20-21H2,(H,31,34). The quantitative estimate of drug-likeness (QED) is 0.556. The molecular formula is C29H32N4O2. The minimum Gasteiger partial charge on any atom is -0.467 e. The van der Waals surface area contributed by atoms with Gasteiger partial charge in [-0.05, 0) is 73.3 Å². The van der Waals surface area contributed by atoms with Crippen molar-refractivity contribution in [3.05, 3.63) is 94.9 Å². The molecule has 0 spiro atoms. The number of nitrogens with one attached hydrogen (secondary N) is 1. The van der Waals surface area contributed by atoms with E-state index in [0.717, 1.165) is 56.8 Å². The first-order valence-electron chi connectivity index (χ1n) is 12.5. The molecule has 0 aliphatic carbocycles. The molecule has 2 aliphatic rings. The molecule has 2 aromatic carbocycles. The number of hydrogen-bond donors (Lipinski definition) is 1. The summed E-state index contributed by atoms with van der Waals surface area (Å²) in [5.74, 6) is 0.829. The smallest absolute Gasteiger partial charge is 0.222 e. The number of nitrogens with zero attached hydrogens (tertiary/aromatic N) is 3. The maximum absolute atomic E-state index is 12.9. The SMILES string of the molecule is N#Cc1cccc(CN2CCC(N3CCc4ccccc4C3CC(=O)NCc3ccco3)CC2)c1. The Balaban J connectivity index is 1.23. The maximum atomic E-state index is 12.9. The van der Waals surface area contributed by atoms with Crippen LogP contribution in [-0.4, -0.2) is 41.4 Å². The Morgan fingerprint density at radius 3 is 2.71 bits per heavy atom. The first-order chi connectivity index (χ1) is 17.2. The van der Waals surface area contributed by atoms with Crippen molar-refractivity contribution < 1.29 is 9.21 Å². The summed E-state index contributed by atoms with van der Waals surface area (Å²) >= 11 is 0. The Labute approximate surface area is 207 Å². The third-order valence-electron chi connectivity index (χ3n) is 7.36. The van der Waals surface area contributed by atoms with Gasteiger partial charge in [0, 0.05) is 31.6 Å². The molecule has 3 heterocycles. The van der Waals surface area contributed by atoms with Crippen LogP contribution in [0.5, 0.6) is 0 Å². The van der Waals surface area contributed by atoms with E-state index in [1.54, 1.807) is 6.26 Å². The molecule has 1 saturated heterocycles. The number of carbonyl (C=O) groups is 1. The Kier molecular flexibility index (Phi) is 7.27. The minimum atomic E-state index is 0.0583. The summed E-state index contributed by atoms with van der Waals surface area (Å²) in [4.78, 5) is 18.0. The van der Waals surface area contributed by atoms with Gasteiger partial charge in [0.25, 0.3) is 0 Å². The van der Waals surface area contributed by atoms with Gasteiger partial charge in [0.2, 0.25) is 5.91 Å². The highest BCUT2D eigenvalue weighted by Crippen LogP contribution is 2.36. The fourth-order valence-corrected chi connectivity index (χ4v) is 5.59. The predicted octanol–water partition coefficient (Wildman–Crippen LogP) is 4.42. The second kappa shape index (κ2) is 10.9. The van der Waals surface area contributed by atoms with Crippen molar-refractivity contribution in [1.29, 1.82) is 5.26 Å². The lowest BCUT2D eigenvalue weighted by Crippen LogP contribution is -2.49. The van der Waals surface area contributed by atoms with Gasteiger partial charge in [-0.3, -0.25) is 14.6 Å². The van der Waals surface area contributed by atoms with Crippen molar-refractivity contribution in [2.75, 3.05) is 19.6 Å². The third kappa shape index (κ3) is 5.64. The molecule has 2 aliphatic heterocycles. The molecular weight excluding hydrogens is 436 g/mol. The van der Waals surface area contributed by atoms with Gasteiger partial charge in [0.15, 0.2) is 0 Å². The van der Waals surface area contributed by atoms with Gasteiger partial charge < -0.3 is 9.73 Å². The third-order valence-corrected chi connectivity index (χ3v) is 7.36. The predicted molar refractivity (Wildman–Crippen MR) is 134 cm³/mol. The van der Waals surface area contributed by atoms with Crippen molar-refractivity contribution in [2.45, 2.75) is 50.9 Å². The Bertz CT molecular complexity index is 1180.